The molecule has 3 heterocycles. The number of hydrogen-bond donors (Lipinski definition) is 0. The summed E-state index contributed by atoms with van der Waals surface area (Å²) in [4.78, 5) is 9.53. The minimum absolute atomic E-state index is 0.274. The summed E-state index contributed by atoms with van der Waals surface area (Å²) in [6.07, 6.45) is 0. The van der Waals surface area contributed by atoms with Gasteiger partial charge in [-0.15, -0.1) is 0 Å². The van der Waals surface area contributed by atoms with Gasteiger partial charge >= 0.3 is 0 Å². The summed E-state index contributed by atoms with van der Waals surface area (Å²) in [5, 5.41) is 5.79. The van der Waals surface area contributed by atoms with E-state index in [1.807, 2.05) is 24.6 Å². The molecule has 0 spiro atoms. The maximum atomic E-state index is 6.11. The monoisotopic (exact) mass is 452 g/mol. The fourth-order valence-electron chi connectivity index (χ4n) is 4.20. The zero-order chi connectivity index (χ0) is 24.0. The van der Waals surface area contributed by atoms with E-state index in [0.29, 0.717) is 11.8 Å². The Kier molecular flexibility index (Phi) is 5.44. The molecule has 0 aliphatic rings. The summed E-state index contributed by atoms with van der Waals surface area (Å²) in [5.74, 6) is 1.90. The van der Waals surface area contributed by atoms with E-state index in [0.717, 1.165) is 50.6 Å². The molecule has 0 amide bonds. The molecule has 3 aromatic heterocycles. The van der Waals surface area contributed by atoms with E-state index in [1.54, 1.807) is 0 Å². The molecule has 5 aromatic rings. The van der Waals surface area contributed by atoms with Crippen LogP contribution in [0.2, 0.25) is 0 Å². The van der Waals surface area contributed by atoms with Crippen LogP contribution in [0, 0.1) is 41.5 Å². The largest absolute Gasteiger partial charge is 0.471 e. The Morgan fingerprint density at radius 1 is 0.824 bits per heavy atom. The maximum Gasteiger partial charge on any atom is 0.226 e. The van der Waals surface area contributed by atoms with E-state index in [1.165, 1.54) is 11.1 Å². The average molecular weight is 453 g/mol. The molecule has 0 bridgehead atoms. The van der Waals surface area contributed by atoms with Crippen molar-refractivity contribution in [3.8, 4) is 23.0 Å². The fourth-order valence-corrected chi connectivity index (χ4v) is 4.20. The number of fused-ring (bicyclic) bond motifs is 1. The van der Waals surface area contributed by atoms with Crippen LogP contribution < -0.4 is 4.74 Å². The quantitative estimate of drug-likeness (QED) is 0.304. The van der Waals surface area contributed by atoms with Gasteiger partial charge in [0.15, 0.2) is 5.65 Å². The second-order valence-corrected chi connectivity index (χ2v) is 8.94. The molecule has 0 saturated heterocycles. The van der Waals surface area contributed by atoms with Crippen molar-refractivity contribution in [1.82, 2.24) is 19.7 Å². The van der Waals surface area contributed by atoms with E-state index >= 15 is 0 Å². The molecule has 5 rings (SSSR count). The molecular formula is C28H28N4O2. The van der Waals surface area contributed by atoms with Gasteiger partial charge in [-0.25, -0.2) is 9.67 Å². The molecule has 0 aliphatic carbocycles. The lowest BCUT2D eigenvalue weighted by molar-refractivity contribution is 0.288. The summed E-state index contributed by atoms with van der Waals surface area (Å²) in [6.45, 7) is 12.5. The highest BCUT2D eigenvalue weighted by molar-refractivity contribution is 5.84. The molecule has 0 atom stereocenters. The highest BCUT2D eigenvalue weighted by Crippen LogP contribution is 2.29. The molecule has 0 saturated carbocycles. The third-order valence-electron chi connectivity index (χ3n) is 6.14. The van der Waals surface area contributed by atoms with E-state index in [2.05, 4.69) is 70.2 Å². The summed E-state index contributed by atoms with van der Waals surface area (Å²) in [7, 11) is 0. The molecule has 0 N–H and O–H groups in total. The third kappa shape index (κ3) is 3.96. The normalized spacial score (nSPS) is 11.4. The fraction of sp³-hybridized carbons (Fsp3) is 0.250. The van der Waals surface area contributed by atoms with Crippen molar-refractivity contribution >= 4 is 11.0 Å². The predicted molar refractivity (Wildman–Crippen MR) is 134 cm³/mol. The molecule has 172 valence electrons. The molecule has 6 nitrogen and oxygen atoms in total. The number of aryl methyl sites for hydroxylation is 6. The third-order valence-corrected chi connectivity index (χ3v) is 6.14. The SMILES string of the molecule is Cc1ccc(-n2nc(C)c3c(C)cc(OCc4nc(-c5cc(C)ccc5C)oc4C)nc32)cc1. The molecular weight excluding hydrogens is 424 g/mol. The van der Waals surface area contributed by atoms with Crippen LogP contribution >= 0.6 is 0 Å². The second kappa shape index (κ2) is 8.45. The summed E-state index contributed by atoms with van der Waals surface area (Å²) in [6, 6.07) is 16.5. The Hall–Kier alpha value is -3.93. The van der Waals surface area contributed by atoms with Crippen molar-refractivity contribution in [2.75, 3.05) is 0 Å². The second-order valence-electron chi connectivity index (χ2n) is 8.94. The summed E-state index contributed by atoms with van der Waals surface area (Å²) in [5.41, 5.74) is 9.03. The van der Waals surface area contributed by atoms with Gasteiger partial charge in [-0.3, -0.25) is 0 Å². The number of pyridine rings is 1. The minimum Gasteiger partial charge on any atom is -0.471 e. The van der Waals surface area contributed by atoms with Crippen LogP contribution in [0.5, 0.6) is 5.88 Å². The molecule has 0 aliphatic heterocycles. The van der Waals surface area contributed by atoms with Gasteiger partial charge in [-0.2, -0.15) is 10.1 Å². The zero-order valence-corrected chi connectivity index (χ0v) is 20.4. The first-order valence-electron chi connectivity index (χ1n) is 11.4. The van der Waals surface area contributed by atoms with E-state index in [4.69, 9.17) is 24.2 Å². The average Bonchev–Trinajstić information content (AvgIpc) is 3.34. The smallest absolute Gasteiger partial charge is 0.226 e. The molecule has 0 fully saturated rings. The summed E-state index contributed by atoms with van der Waals surface area (Å²) >= 11 is 0. The van der Waals surface area contributed by atoms with Gasteiger partial charge in [0.1, 0.15) is 18.1 Å². The van der Waals surface area contributed by atoms with Crippen molar-refractivity contribution in [2.24, 2.45) is 0 Å². The molecule has 6 heteroatoms. The highest BCUT2D eigenvalue weighted by atomic mass is 16.5. The highest BCUT2D eigenvalue weighted by Gasteiger charge is 2.17. The number of nitrogens with zero attached hydrogens (tertiary/aromatic N) is 4. The first kappa shape index (κ1) is 21.9. The van der Waals surface area contributed by atoms with Gasteiger partial charge in [0.05, 0.1) is 11.4 Å². The Morgan fingerprint density at radius 3 is 2.32 bits per heavy atom. The number of aromatic nitrogens is 4. The van der Waals surface area contributed by atoms with E-state index in [9.17, 15) is 0 Å². The van der Waals surface area contributed by atoms with Gasteiger partial charge in [-0.05, 0) is 70.9 Å². The molecule has 34 heavy (non-hydrogen) atoms. The predicted octanol–water partition coefficient (Wildman–Crippen LogP) is 6.51. The van der Waals surface area contributed by atoms with Crippen molar-refractivity contribution in [3.05, 3.63) is 87.9 Å². The van der Waals surface area contributed by atoms with Crippen molar-refractivity contribution in [3.63, 3.8) is 0 Å². The van der Waals surface area contributed by atoms with Crippen LogP contribution in [-0.2, 0) is 6.61 Å². The van der Waals surface area contributed by atoms with E-state index < -0.39 is 0 Å². The van der Waals surface area contributed by atoms with Crippen LogP contribution in [-0.4, -0.2) is 19.7 Å². The lowest BCUT2D eigenvalue weighted by Crippen LogP contribution is -2.02. The number of hydrogen-bond acceptors (Lipinski definition) is 5. The molecule has 0 radical (unpaired) electrons. The van der Waals surface area contributed by atoms with Gasteiger partial charge in [-0.1, -0.05) is 35.4 Å². The van der Waals surface area contributed by atoms with Gasteiger partial charge in [0.25, 0.3) is 0 Å². The summed E-state index contributed by atoms with van der Waals surface area (Å²) < 4.78 is 14.0. The Morgan fingerprint density at radius 2 is 1.56 bits per heavy atom. The number of ether oxygens (including phenoxy) is 1. The van der Waals surface area contributed by atoms with Crippen LogP contribution in [0.15, 0.2) is 52.9 Å². The van der Waals surface area contributed by atoms with Crippen LogP contribution in [0.4, 0.5) is 0 Å². The van der Waals surface area contributed by atoms with Crippen molar-refractivity contribution < 1.29 is 9.15 Å². The number of rotatable bonds is 5. The van der Waals surface area contributed by atoms with Gasteiger partial charge < -0.3 is 9.15 Å². The van der Waals surface area contributed by atoms with Gasteiger partial charge in [0.2, 0.25) is 11.8 Å². The topological polar surface area (TPSA) is 66.0 Å². The maximum absolute atomic E-state index is 6.11. The Balaban J connectivity index is 1.46. The van der Waals surface area contributed by atoms with E-state index in [-0.39, 0.29) is 6.61 Å². The lowest BCUT2D eigenvalue weighted by Gasteiger charge is -2.08. The molecule has 0 unspecified atom stereocenters. The lowest BCUT2D eigenvalue weighted by atomic mass is 10.1. The van der Waals surface area contributed by atoms with Gasteiger partial charge in [0, 0.05) is 17.0 Å². The number of benzene rings is 2. The van der Waals surface area contributed by atoms with Crippen LogP contribution in [0.1, 0.15) is 39.4 Å². The first-order valence-corrected chi connectivity index (χ1v) is 11.4. The van der Waals surface area contributed by atoms with Crippen molar-refractivity contribution in [1.29, 1.82) is 0 Å². The number of oxazole rings is 1. The standard InChI is InChI=1S/C28H28N4O2/c1-16-8-11-22(12-9-16)32-27-26(20(5)31-32)19(4)14-25(30-27)33-15-24-21(6)34-28(29-24)23-13-17(2)7-10-18(23)3/h7-14H,15H2,1-6H3. The zero-order valence-electron chi connectivity index (χ0n) is 20.4. The van der Waals surface area contributed by atoms with Crippen LogP contribution in [0.25, 0.3) is 28.2 Å². The Labute approximate surface area is 199 Å². The Bertz CT molecular complexity index is 1510. The minimum atomic E-state index is 0.274. The van der Waals surface area contributed by atoms with Crippen LogP contribution in [0.3, 0.4) is 0 Å². The first-order chi connectivity index (χ1) is 16.3. The molecule has 2 aromatic carbocycles. The van der Waals surface area contributed by atoms with Crippen molar-refractivity contribution in [2.45, 2.75) is 48.1 Å².